The summed E-state index contributed by atoms with van der Waals surface area (Å²) in [7, 11) is 0. The third-order valence-corrected chi connectivity index (χ3v) is 7.15. The van der Waals surface area contributed by atoms with Crippen LogP contribution in [-0.2, 0) is 5.41 Å². The first-order valence-corrected chi connectivity index (χ1v) is 12.4. The van der Waals surface area contributed by atoms with E-state index in [-0.39, 0.29) is 5.41 Å². The van der Waals surface area contributed by atoms with Gasteiger partial charge in [0.05, 0.1) is 11.0 Å². The molecule has 6 aromatic rings. The summed E-state index contributed by atoms with van der Waals surface area (Å²) in [6.07, 6.45) is 0. The van der Waals surface area contributed by atoms with E-state index in [1.54, 1.807) is 0 Å². The van der Waals surface area contributed by atoms with E-state index in [9.17, 15) is 0 Å². The van der Waals surface area contributed by atoms with Crippen molar-refractivity contribution in [3.8, 4) is 17.1 Å². The van der Waals surface area contributed by atoms with Crippen LogP contribution in [0.4, 0.5) is 0 Å². The van der Waals surface area contributed by atoms with E-state index >= 15 is 0 Å². The van der Waals surface area contributed by atoms with Gasteiger partial charge in [0.2, 0.25) is 0 Å². The Balaban J connectivity index is 1.77. The SMILES string of the molecule is CC(C)(C)c1ccc(-n2c(-c3ccc(Br)cc3)nc3c4ccccc4c4ccccc4c32)cc1. The Bertz CT molecular complexity index is 1670. The molecule has 0 unspecified atom stereocenters. The lowest BCUT2D eigenvalue weighted by Crippen LogP contribution is -2.11. The van der Waals surface area contributed by atoms with Gasteiger partial charge in [-0.05, 0) is 46.0 Å². The number of aromatic nitrogens is 2. The number of hydrogen-bond donors (Lipinski definition) is 0. The van der Waals surface area contributed by atoms with Gasteiger partial charge in [0.25, 0.3) is 0 Å². The molecule has 2 nitrogen and oxygen atoms in total. The van der Waals surface area contributed by atoms with Crippen LogP contribution in [-0.4, -0.2) is 9.55 Å². The molecule has 6 rings (SSSR count). The van der Waals surface area contributed by atoms with Gasteiger partial charge in [-0.25, -0.2) is 4.98 Å². The lowest BCUT2D eigenvalue weighted by molar-refractivity contribution is 0.590. The average Bonchev–Trinajstić information content (AvgIpc) is 3.25. The lowest BCUT2D eigenvalue weighted by Gasteiger charge is -2.20. The number of benzene rings is 5. The minimum Gasteiger partial charge on any atom is -0.292 e. The second kappa shape index (κ2) is 7.82. The Morgan fingerprint density at radius 2 is 1.21 bits per heavy atom. The molecule has 0 aliphatic rings. The fraction of sp³-hybridized carbons (Fsp3) is 0.129. The van der Waals surface area contributed by atoms with Gasteiger partial charge >= 0.3 is 0 Å². The highest BCUT2D eigenvalue weighted by atomic mass is 79.9. The molecule has 166 valence electrons. The smallest absolute Gasteiger partial charge is 0.145 e. The van der Waals surface area contributed by atoms with Crippen molar-refractivity contribution >= 4 is 48.5 Å². The van der Waals surface area contributed by atoms with Crippen molar-refractivity contribution in [3.05, 3.63) is 107 Å². The predicted octanol–water partition coefficient (Wildman–Crippen LogP) is 9.06. The summed E-state index contributed by atoms with van der Waals surface area (Å²) in [6, 6.07) is 34.7. The molecule has 0 N–H and O–H groups in total. The van der Waals surface area contributed by atoms with E-state index in [2.05, 4.69) is 138 Å². The van der Waals surface area contributed by atoms with Gasteiger partial charge in [-0.15, -0.1) is 0 Å². The molecule has 1 heterocycles. The maximum Gasteiger partial charge on any atom is 0.145 e. The van der Waals surface area contributed by atoms with Gasteiger partial charge in [0, 0.05) is 26.5 Å². The van der Waals surface area contributed by atoms with Crippen LogP contribution >= 0.6 is 15.9 Å². The first-order valence-electron chi connectivity index (χ1n) is 11.6. The van der Waals surface area contributed by atoms with Crippen molar-refractivity contribution in [2.24, 2.45) is 0 Å². The maximum atomic E-state index is 5.29. The summed E-state index contributed by atoms with van der Waals surface area (Å²) in [4.78, 5) is 5.29. The van der Waals surface area contributed by atoms with Crippen LogP contribution in [0.5, 0.6) is 0 Å². The van der Waals surface area contributed by atoms with Crippen LogP contribution in [0.1, 0.15) is 26.3 Å². The van der Waals surface area contributed by atoms with Crippen molar-refractivity contribution in [1.82, 2.24) is 9.55 Å². The Morgan fingerprint density at radius 3 is 1.82 bits per heavy atom. The highest BCUT2D eigenvalue weighted by Gasteiger charge is 2.20. The molecular weight excluding hydrogens is 480 g/mol. The molecule has 1 aromatic heterocycles. The van der Waals surface area contributed by atoms with Crippen molar-refractivity contribution in [1.29, 1.82) is 0 Å². The highest BCUT2D eigenvalue weighted by molar-refractivity contribution is 9.10. The van der Waals surface area contributed by atoms with Crippen molar-refractivity contribution < 1.29 is 0 Å². The summed E-state index contributed by atoms with van der Waals surface area (Å²) < 4.78 is 3.39. The van der Waals surface area contributed by atoms with Gasteiger partial charge < -0.3 is 0 Å². The fourth-order valence-corrected chi connectivity index (χ4v) is 5.12. The number of halogens is 1. The van der Waals surface area contributed by atoms with Crippen LogP contribution in [0.3, 0.4) is 0 Å². The second-order valence-corrected chi connectivity index (χ2v) is 10.8. The minimum atomic E-state index is 0.104. The number of hydrogen-bond acceptors (Lipinski definition) is 1. The zero-order valence-corrected chi connectivity index (χ0v) is 21.1. The monoisotopic (exact) mass is 504 g/mol. The zero-order chi connectivity index (χ0) is 23.4. The highest BCUT2D eigenvalue weighted by Crippen LogP contribution is 2.39. The molecular formula is C31H25BrN2. The quantitative estimate of drug-likeness (QED) is 0.215. The minimum absolute atomic E-state index is 0.104. The Labute approximate surface area is 208 Å². The second-order valence-electron chi connectivity index (χ2n) is 9.86. The van der Waals surface area contributed by atoms with E-state index in [4.69, 9.17) is 4.98 Å². The normalized spacial score (nSPS) is 12.1. The summed E-state index contributed by atoms with van der Waals surface area (Å²) in [5.41, 5.74) is 5.82. The molecule has 0 saturated heterocycles. The molecule has 0 aliphatic heterocycles. The molecule has 0 radical (unpaired) electrons. The number of nitrogens with zero attached hydrogens (tertiary/aromatic N) is 2. The summed E-state index contributed by atoms with van der Waals surface area (Å²) in [6.45, 7) is 6.75. The molecule has 34 heavy (non-hydrogen) atoms. The first kappa shape index (κ1) is 21.1. The largest absolute Gasteiger partial charge is 0.292 e. The van der Waals surface area contributed by atoms with Crippen LogP contribution in [0.15, 0.2) is 102 Å². The zero-order valence-electron chi connectivity index (χ0n) is 19.5. The standard InChI is InChI=1S/C31H25BrN2/c1-31(2,3)21-14-18-23(19-15-21)34-29-27-11-7-5-9-25(27)24-8-4-6-10-26(24)28(29)33-30(34)20-12-16-22(32)17-13-20/h4-19H,1-3H3. The van der Waals surface area contributed by atoms with Gasteiger partial charge in [0.15, 0.2) is 0 Å². The van der Waals surface area contributed by atoms with Gasteiger partial charge in [-0.3, -0.25) is 4.57 Å². The number of fused-ring (bicyclic) bond motifs is 6. The number of rotatable bonds is 2. The molecule has 0 bridgehead atoms. The molecule has 0 aliphatic carbocycles. The van der Waals surface area contributed by atoms with E-state index in [1.807, 2.05) is 0 Å². The van der Waals surface area contributed by atoms with Gasteiger partial charge in [0.1, 0.15) is 5.82 Å². The van der Waals surface area contributed by atoms with E-state index < -0.39 is 0 Å². The predicted molar refractivity (Wildman–Crippen MR) is 148 cm³/mol. The lowest BCUT2D eigenvalue weighted by atomic mass is 9.87. The molecule has 0 amide bonds. The van der Waals surface area contributed by atoms with Crippen molar-refractivity contribution in [3.63, 3.8) is 0 Å². The van der Waals surface area contributed by atoms with Crippen LogP contribution < -0.4 is 0 Å². The molecule has 0 fully saturated rings. The summed E-state index contributed by atoms with van der Waals surface area (Å²) in [5, 5.41) is 4.88. The van der Waals surface area contributed by atoms with Crippen molar-refractivity contribution in [2.75, 3.05) is 0 Å². The molecule has 0 spiro atoms. The van der Waals surface area contributed by atoms with Gasteiger partial charge in [-0.2, -0.15) is 0 Å². The molecule has 3 heteroatoms. The molecule has 0 saturated carbocycles. The van der Waals surface area contributed by atoms with Crippen LogP contribution in [0.2, 0.25) is 0 Å². The van der Waals surface area contributed by atoms with E-state index in [0.29, 0.717) is 0 Å². The fourth-order valence-electron chi connectivity index (χ4n) is 4.86. The average molecular weight is 505 g/mol. The summed E-state index contributed by atoms with van der Waals surface area (Å²) >= 11 is 3.58. The van der Waals surface area contributed by atoms with E-state index in [0.717, 1.165) is 32.6 Å². The van der Waals surface area contributed by atoms with Crippen molar-refractivity contribution in [2.45, 2.75) is 26.2 Å². The molecule has 5 aromatic carbocycles. The molecule has 0 atom stereocenters. The number of imidazole rings is 1. The van der Waals surface area contributed by atoms with Crippen LogP contribution in [0.25, 0.3) is 49.7 Å². The third-order valence-electron chi connectivity index (χ3n) is 6.63. The third kappa shape index (κ3) is 3.35. The summed E-state index contributed by atoms with van der Waals surface area (Å²) in [5.74, 6) is 0.951. The van der Waals surface area contributed by atoms with Crippen LogP contribution in [0, 0.1) is 0 Å². The Morgan fingerprint density at radius 1 is 0.647 bits per heavy atom. The first-order chi connectivity index (χ1) is 16.4. The maximum absolute atomic E-state index is 5.29. The van der Waals surface area contributed by atoms with Gasteiger partial charge in [-0.1, -0.05) is 109 Å². The topological polar surface area (TPSA) is 17.8 Å². The Hall–Kier alpha value is -3.43. The Kier molecular flexibility index (Phi) is 4.86. The van der Waals surface area contributed by atoms with E-state index in [1.165, 1.54) is 27.1 Å².